The van der Waals surface area contributed by atoms with Crippen LogP contribution in [0, 0.1) is 0 Å². The van der Waals surface area contributed by atoms with Crippen LogP contribution in [0.4, 0.5) is 5.69 Å². The molecule has 2 aliphatic rings. The lowest BCUT2D eigenvalue weighted by molar-refractivity contribution is -0.925. The fourth-order valence-corrected chi connectivity index (χ4v) is 4.09. The van der Waals surface area contributed by atoms with Crippen molar-refractivity contribution in [2.75, 3.05) is 37.6 Å². The maximum absolute atomic E-state index is 4.21. The summed E-state index contributed by atoms with van der Waals surface area (Å²) in [5.74, 6) is 0. The molecule has 2 saturated heterocycles. The van der Waals surface area contributed by atoms with Crippen molar-refractivity contribution in [3.63, 3.8) is 0 Å². The highest BCUT2D eigenvalue weighted by molar-refractivity contribution is 9.09. The van der Waals surface area contributed by atoms with Gasteiger partial charge in [-0.05, 0) is 28.1 Å². The van der Waals surface area contributed by atoms with E-state index in [0.717, 1.165) is 13.1 Å². The summed E-state index contributed by atoms with van der Waals surface area (Å²) >= 11 is 3.87. The Hall–Kier alpha value is -0.610. The van der Waals surface area contributed by atoms with Gasteiger partial charge in [-0.25, -0.2) is 0 Å². The van der Waals surface area contributed by atoms with Crippen molar-refractivity contribution >= 4 is 21.6 Å². The molecule has 0 aliphatic carbocycles. The Morgan fingerprint density at radius 3 is 2.71 bits per heavy atom. The van der Waals surface area contributed by atoms with Crippen molar-refractivity contribution in [1.82, 2.24) is 4.98 Å². The molecular weight excluding hydrogens is 278 g/mol. The summed E-state index contributed by atoms with van der Waals surface area (Å²) < 4.78 is 1.29. The number of nitrogens with zero attached hydrogens (tertiary/aromatic N) is 3. The quantitative estimate of drug-likeness (QED) is 0.449. The molecule has 0 N–H and O–H groups in total. The molecule has 0 bridgehead atoms. The highest BCUT2D eigenvalue weighted by atomic mass is 79.9. The Morgan fingerprint density at radius 2 is 2.12 bits per heavy atom. The van der Waals surface area contributed by atoms with E-state index in [4.69, 9.17) is 0 Å². The van der Waals surface area contributed by atoms with E-state index in [1.54, 1.807) is 0 Å². The van der Waals surface area contributed by atoms with E-state index in [1.165, 1.54) is 42.6 Å². The fourth-order valence-electron chi connectivity index (χ4n) is 3.15. The van der Waals surface area contributed by atoms with Gasteiger partial charge in [0.1, 0.15) is 4.95 Å². The van der Waals surface area contributed by atoms with Gasteiger partial charge in [0.05, 0.1) is 44.6 Å². The van der Waals surface area contributed by atoms with Crippen LogP contribution in [-0.4, -0.2) is 47.1 Å². The number of rotatable bonds is 1. The number of pyridine rings is 1. The molecule has 4 heteroatoms. The molecule has 1 spiro atoms. The van der Waals surface area contributed by atoms with E-state index in [9.17, 15) is 0 Å². The van der Waals surface area contributed by atoms with Crippen LogP contribution in [0.15, 0.2) is 24.5 Å². The number of anilines is 1. The van der Waals surface area contributed by atoms with E-state index >= 15 is 0 Å². The van der Waals surface area contributed by atoms with Gasteiger partial charge in [-0.1, -0.05) is 0 Å². The average Bonchev–Trinajstić information content (AvgIpc) is 2.73. The maximum Gasteiger partial charge on any atom is 0.144 e. The predicted octanol–water partition coefficient (Wildman–Crippen LogP) is 2.23. The average molecular weight is 297 g/mol. The maximum atomic E-state index is 4.21. The SMILES string of the molecule is BrC1CCC[N+]12CCN(c1cccnc1)CC2. The highest BCUT2D eigenvalue weighted by Gasteiger charge is 2.42. The second kappa shape index (κ2) is 4.58. The van der Waals surface area contributed by atoms with E-state index in [1.807, 2.05) is 18.5 Å². The summed E-state index contributed by atoms with van der Waals surface area (Å²) in [4.78, 5) is 7.37. The zero-order chi connectivity index (χ0) is 11.7. The fraction of sp³-hybridized carbons (Fsp3) is 0.615. The molecule has 0 saturated carbocycles. The number of quaternary nitrogens is 1. The monoisotopic (exact) mass is 296 g/mol. The van der Waals surface area contributed by atoms with Crippen molar-refractivity contribution in [2.24, 2.45) is 0 Å². The first-order chi connectivity index (χ1) is 8.30. The van der Waals surface area contributed by atoms with Crippen LogP contribution in [0.5, 0.6) is 0 Å². The van der Waals surface area contributed by atoms with Gasteiger partial charge in [-0.2, -0.15) is 0 Å². The molecule has 0 aromatic carbocycles. The molecule has 17 heavy (non-hydrogen) atoms. The largest absolute Gasteiger partial charge is 0.359 e. The lowest BCUT2D eigenvalue weighted by Gasteiger charge is -2.44. The van der Waals surface area contributed by atoms with Crippen molar-refractivity contribution in [2.45, 2.75) is 17.8 Å². The number of alkyl halides is 1. The molecule has 2 fully saturated rings. The molecule has 3 nitrogen and oxygen atoms in total. The lowest BCUT2D eigenvalue weighted by atomic mass is 10.2. The topological polar surface area (TPSA) is 16.1 Å². The summed E-state index contributed by atoms with van der Waals surface area (Å²) in [6.45, 7) is 6.22. The molecule has 92 valence electrons. The first-order valence-corrected chi connectivity index (χ1v) is 7.37. The lowest BCUT2D eigenvalue weighted by Crippen LogP contribution is -2.60. The Bertz CT molecular complexity index is 374. The van der Waals surface area contributed by atoms with Crippen molar-refractivity contribution in [1.29, 1.82) is 0 Å². The van der Waals surface area contributed by atoms with Gasteiger partial charge in [0, 0.05) is 19.0 Å². The van der Waals surface area contributed by atoms with E-state index in [2.05, 4.69) is 31.9 Å². The van der Waals surface area contributed by atoms with Crippen molar-refractivity contribution < 1.29 is 4.48 Å². The van der Waals surface area contributed by atoms with Gasteiger partial charge in [-0.15, -0.1) is 0 Å². The van der Waals surface area contributed by atoms with Crippen LogP contribution >= 0.6 is 15.9 Å². The molecule has 1 aromatic rings. The highest BCUT2D eigenvalue weighted by Crippen LogP contribution is 2.33. The smallest absolute Gasteiger partial charge is 0.144 e. The van der Waals surface area contributed by atoms with Gasteiger partial charge >= 0.3 is 0 Å². The van der Waals surface area contributed by atoms with Crippen LogP contribution in [0.25, 0.3) is 0 Å². The van der Waals surface area contributed by atoms with E-state index in [-0.39, 0.29) is 0 Å². The zero-order valence-electron chi connectivity index (χ0n) is 10.1. The number of hydrogen-bond acceptors (Lipinski definition) is 2. The molecule has 1 unspecified atom stereocenters. The third-order valence-corrected chi connectivity index (χ3v) is 5.61. The molecule has 0 radical (unpaired) electrons. The zero-order valence-corrected chi connectivity index (χ0v) is 11.6. The molecule has 3 heterocycles. The minimum atomic E-state index is 0.693. The van der Waals surface area contributed by atoms with Crippen molar-refractivity contribution in [3.05, 3.63) is 24.5 Å². The Morgan fingerprint density at radius 1 is 1.29 bits per heavy atom. The number of hydrogen-bond donors (Lipinski definition) is 0. The summed E-state index contributed by atoms with van der Waals surface area (Å²) in [5, 5.41) is 0. The molecule has 1 atom stereocenters. The summed E-state index contributed by atoms with van der Waals surface area (Å²) in [7, 11) is 0. The van der Waals surface area contributed by atoms with E-state index in [0.29, 0.717) is 4.95 Å². The van der Waals surface area contributed by atoms with Crippen LogP contribution < -0.4 is 4.90 Å². The summed E-state index contributed by atoms with van der Waals surface area (Å²) in [6, 6.07) is 4.19. The minimum absolute atomic E-state index is 0.693. The van der Waals surface area contributed by atoms with Crippen molar-refractivity contribution in [3.8, 4) is 0 Å². The summed E-state index contributed by atoms with van der Waals surface area (Å²) in [5.41, 5.74) is 1.27. The van der Waals surface area contributed by atoms with E-state index < -0.39 is 0 Å². The third-order valence-electron chi connectivity index (χ3n) is 4.28. The van der Waals surface area contributed by atoms with Gasteiger partial charge < -0.3 is 9.38 Å². The van der Waals surface area contributed by atoms with Gasteiger partial charge in [0.15, 0.2) is 0 Å². The Kier molecular flexibility index (Phi) is 3.09. The first kappa shape index (κ1) is 11.5. The third kappa shape index (κ3) is 2.08. The predicted molar refractivity (Wildman–Crippen MR) is 73.3 cm³/mol. The molecular formula is C13H19BrN3+. The van der Waals surface area contributed by atoms with Gasteiger partial charge in [0.25, 0.3) is 0 Å². The normalized spacial score (nSPS) is 27.6. The Balaban J connectivity index is 1.68. The van der Waals surface area contributed by atoms with Crippen LogP contribution in [0.1, 0.15) is 12.8 Å². The van der Waals surface area contributed by atoms with Gasteiger partial charge in [0.2, 0.25) is 0 Å². The first-order valence-electron chi connectivity index (χ1n) is 6.45. The number of piperazine rings is 1. The number of aromatic nitrogens is 1. The minimum Gasteiger partial charge on any atom is -0.359 e. The van der Waals surface area contributed by atoms with Crippen LogP contribution in [0.2, 0.25) is 0 Å². The molecule has 0 amide bonds. The molecule has 3 rings (SSSR count). The van der Waals surface area contributed by atoms with Crippen LogP contribution in [-0.2, 0) is 0 Å². The van der Waals surface area contributed by atoms with Crippen LogP contribution in [0.3, 0.4) is 0 Å². The standard InChI is InChI=1S/C13H19BrN3/c14-13-4-2-8-17(13)9-6-16(7-10-17)12-3-1-5-15-11-12/h1,3,5,11,13H,2,4,6-10H2/q+1. The number of halogens is 1. The molecule has 2 aliphatic heterocycles. The second-order valence-electron chi connectivity index (χ2n) is 5.16. The summed E-state index contributed by atoms with van der Waals surface area (Å²) in [6.07, 6.45) is 6.54. The second-order valence-corrected chi connectivity index (χ2v) is 6.22. The van der Waals surface area contributed by atoms with Gasteiger partial charge in [-0.3, -0.25) is 4.98 Å². The molecule has 1 aromatic heterocycles. The Labute approximate surface area is 111 Å².